The topological polar surface area (TPSA) is 41.6 Å². The van der Waals surface area contributed by atoms with Gasteiger partial charge in [-0.3, -0.25) is 9.69 Å². The lowest BCUT2D eigenvalue weighted by Crippen LogP contribution is -2.57. The van der Waals surface area contributed by atoms with E-state index in [2.05, 4.69) is 25.2 Å². The van der Waals surface area contributed by atoms with Crippen LogP contribution in [-0.4, -0.2) is 19.2 Å². The van der Waals surface area contributed by atoms with Crippen molar-refractivity contribution in [3.63, 3.8) is 0 Å². The van der Waals surface area contributed by atoms with Gasteiger partial charge in [0.2, 0.25) is 0 Å². The van der Waals surface area contributed by atoms with Gasteiger partial charge in [0, 0.05) is 11.4 Å². The van der Waals surface area contributed by atoms with E-state index in [4.69, 9.17) is 4.74 Å². The molecule has 0 aromatic heterocycles. The Labute approximate surface area is 166 Å². The van der Waals surface area contributed by atoms with Gasteiger partial charge in [0.15, 0.2) is 0 Å². The molecule has 4 heteroatoms. The average Bonchev–Trinajstić information content (AvgIpc) is 2.73. The Bertz CT molecular complexity index is 961. The van der Waals surface area contributed by atoms with Gasteiger partial charge in [-0.15, -0.1) is 0 Å². The molecule has 3 aliphatic carbocycles. The number of benzene rings is 2. The van der Waals surface area contributed by atoms with Gasteiger partial charge in [-0.05, 0) is 72.1 Å². The number of anilines is 2. The van der Waals surface area contributed by atoms with E-state index in [1.807, 2.05) is 53.4 Å². The molecule has 1 fully saturated rings. The second kappa shape index (κ2) is 6.13. The smallest absolute Gasteiger partial charge is 0.262 e. The van der Waals surface area contributed by atoms with E-state index in [9.17, 15) is 4.79 Å². The number of carbonyl (C=O) groups is 1. The number of fused-ring (bicyclic) bond motifs is 2. The molecule has 4 aliphatic rings. The van der Waals surface area contributed by atoms with Crippen LogP contribution in [0.3, 0.4) is 0 Å². The molecular formula is C24H26N2O2. The zero-order chi connectivity index (χ0) is 19.5. The van der Waals surface area contributed by atoms with E-state index in [0.717, 1.165) is 35.0 Å². The lowest BCUT2D eigenvalue weighted by Gasteiger charge is -2.58. The van der Waals surface area contributed by atoms with Gasteiger partial charge >= 0.3 is 0 Å². The highest BCUT2D eigenvalue weighted by Gasteiger charge is 2.54. The van der Waals surface area contributed by atoms with E-state index < -0.39 is 0 Å². The number of rotatable bonds is 3. The van der Waals surface area contributed by atoms with Crippen LogP contribution in [0.2, 0.25) is 0 Å². The zero-order valence-corrected chi connectivity index (χ0v) is 16.6. The molecule has 1 amide bonds. The van der Waals surface area contributed by atoms with Crippen LogP contribution in [0.15, 0.2) is 60.2 Å². The van der Waals surface area contributed by atoms with Gasteiger partial charge in [-0.1, -0.05) is 32.1 Å². The number of nitrogens with one attached hydrogen (secondary N) is 1. The van der Waals surface area contributed by atoms with Crippen molar-refractivity contribution in [2.75, 3.05) is 17.3 Å². The van der Waals surface area contributed by atoms with Crippen molar-refractivity contribution in [3.05, 3.63) is 65.7 Å². The highest BCUT2D eigenvalue weighted by atomic mass is 16.5. The summed E-state index contributed by atoms with van der Waals surface area (Å²) in [6.45, 7) is 4.74. The highest BCUT2D eigenvalue weighted by molar-refractivity contribution is 6.12. The van der Waals surface area contributed by atoms with Gasteiger partial charge in [0.05, 0.1) is 12.7 Å². The molecule has 1 N–H and O–H groups in total. The predicted octanol–water partition coefficient (Wildman–Crippen LogP) is 5.09. The van der Waals surface area contributed by atoms with Crippen molar-refractivity contribution in [3.8, 4) is 5.75 Å². The van der Waals surface area contributed by atoms with E-state index >= 15 is 0 Å². The van der Waals surface area contributed by atoms with Crippen molar-refractivity contribution >= 4 is 17.3 Å². The summed E-state index contributed by atoms with van der Waals surface area (Å²) in [7, 11) is 1.66. The fraction of sp³-hybridized carbons (Fsp3) is 0.375. The third-order valence-electron chi connectivity index (χ3n) is 7.10. The first-order valence-corrected chi connectivity index (χ1v) is 10.0. The van der Waals surface area contributed by atoms with Crippen LogP contribution >= 0.6 is 0 Å². The summed E-state index contributed by atoms with van der Waals surface area (Å²) in [5.74, 6) is 2.12. The normalized spacial score (nSPS) is 27.2. The van der Waals surface area contributed by atoms with Gasteiger partial charge in [0.25, 0.3) is 5.91 Å². The third-order valence-corrected chi connectivity index (χ3v) is 7.10. The first-order valence-electron chi connectivity index (χ1n) is 10.0. The average molecular weight is 374 g/mol. The second-order valence-corrected chi connectivity index (χ2v) is 8.71. The zero-order valence-electron chi connectivity index (χ0n) is 16.6. The first-order chi connectivity index (χ1) is 13.5. The van der Waals surface area contributed by atoms with Gasteiger partial charge in [-0.25, -0.2) is 0 Å². The minimum absolute atomic E-state index is 0.0460. The van der Waals surface area contributed by atoms with E-state index in [-0.39, 0.29) is 12.1 Å². The lowest BCUT2D eigenvalue weighted by molar-refractivity contribution is -0.00924. The van der Waals surface area contributed by atoms with Crippen LogP contribution in [0, 0.1) is 17.3 Å². The number of amides is 1. The Morgan fingerprint density at radius 3 is 2.54 bits per heavy atom. The van der Waals surface area contributed by atoms with Crippen molar-refractivity contribution in [2.24, 2.45) is 17.3 Å². The van der Waals surface area contributed by atoms with Gasteiger partial charge in [-0.2, -0.15) is 0 Å². The third kappa shape index (κ3) is 2.40. The molecule has 1 heterocycles. The van der Waals surface area contributed by atoms with Crippen LogP contribution < -0.4 is 15.0 Å². The Morgan fingerprint density at radius 1 is 1.11 bits per heavy atom. The molecule has 0 unspecified atom stereocenters. The van der Waals surface area contributed by atoms with Crippen LogP contribution in [-0.2, 0) is 0 Å². The fourth-order valence-electron chi connectivity index (χ4n) is 5.20. The first kappa shape index (κ1) is 17.4. The Hall–Kier alpha value is -2.75. The summed E-state index contributed by atoms with van der Waals surface area (Å²) < 4.78 is 5.30. The molecule has 3 atom stereocenters. The number of methoxy groups -OCH3 is 1. The minimum Gasteiger partial charge on any atom is -0.497 e. The fourth-order valence-corrected chi connectivity index (χ4v) is 5.20. The summed E-state index contributed by atoms with van der Waals surface area (Å²) in [4.78, 5) is 15.5. The summed E-state index contributed by atoms with van der Waals surface area (Å²) in [5, 5.41) is 3.67. The SMILES string of the molecule is COc1ccc(N2C(=O)c3ccccc3N[C@@H]2C2=CC[C@H]3C[C@@H]2C3(C)C)cc1. The van der Waals surface area contributed by atoms with Crippen molar-refractivity contribution in [1.82, 2.24) is 0 Å². The molecule has 4 nitrogen and oxygen atoms in total. The van der Waals surface area contributed by atoms with Crippen LogP contribution in [0.5, 0.6) is 5.75 Å². The van der Waals surface area contributed by atoms with Crippen molar-refractivity contribution < 1.29 is 9.53 Å². The number of carbonyl (C=O) groups excluding carboxylic acids is 1. The molecule has 144 valence electrons. The summed E-state index contributed by atoms with van der Waals surface area (Å²) in [5.41, 5.74) is 4.18. The van der Waals surface area contributed by atoms with Gasteiger partial charge in [0.1, 0.15) is 11.9 Å². The molecule has 2 aromatic rings. The molecular weight excluding hydrogens is 348 g/mol. The van der Waals surface area contributed by atoms with Gasteiger partial charge < -0.3 is 10.1 Å². The molecule has 0 radical (unpaired) electrons. The summed E-state index contributed by atoms with van der Waals surface area (Å²) in [6, 6.07) is 15.6. The van der Waals surface area contributed by atoms with Crippen LogP contribution in [0.1, 0.15) is 37.0 Å². The minimum atomic E-state index is -0.152. The van der Waals surface area contributed by atoms with E-state index in [0.29, 0.717) is 11.3 Å². The van der Waals surface area contributed by atoms with Crippen LogP contribution in [0.25, 0.3) is 0 Å². The van der Waals surface area contributed by atoms with Crippen molar-refractivity contribution in [1.29, 1.82) is 0 Å². The largest absolute Gasteiger partial charge is 0.497 e. The summed E-state index contributed by atoms with van der Waals surface area (Å²) in [6.07, 6.45) is 4.55. The second-order valence-electron chi connectivity index (χ2n) is 8.71. The molecule has 0 spiro atoms. The number of hydrogen-bond donors (Lipinski definition) is 1. The standard InChI is InChI=1S/C24H26N2O2/c1-24(2)15-8-13-18(20(24)14-15)22-25-21-7-5-4-6-19(21)23(27)26(22)16-9-11-17(28-3)12-10-16/h4-7,9-13,15,20,22,25H,8,14H2,1-3H3/t15-,20-,22-/m0/s1. The number of para-hydroxylation sites is 1. The molecule has 0 saturated heterocycles. The number of allylic oxidation sites excluding steroid dienone is 1. The predicted molar refractivity (Wildman–Crippen MR) is 112 cm³/mol. The van der Waals surface area contributed by atoms with Crippen molar-refractivity contribution in [2.45, 2.75) is 32.9 Å². The van der Waals surface area contributed by atoms with E-state index in [1.165, 1.54) is 12.0 Å². The molecule has 1 aliphatic heterocycles. The van der Waals surface area contributed by atoms with E-state index in [1.54, 1.807) is 7.11 Å². The molecule has 2 aromatic carbocycles. The number of hydrogen-bond acceptors (Lipinski definition) is 3. The highest BCUT2D eigenvalue weighted by Crippen LogP contribution is 2.60. The monoisotopic (exact) mass is 374 g/mol. The molecule has 6 rings (SSSR count). The molecule has 2 bridgehead atoms. The maximum absolute atomic E-state index is 13.5. The number of ether oxygens (including phenoxy) is 1. The quantitative estimate of drug-likeness (QED) is 0.761. The Balaban J connectivity index is 1.60. The Morgan fingerprint density at radius 2 is 1.86 bits per heavy atom. The maximum Gasteiger partial charge on any atom is 0.262 e. The summed E-state index contributed by atoms with van der Waals surface area (Å²) >= 11 is 0. The lowest BCUT2D eigenvalue weighted by atomic mass is 9.48. The maximum atomic E-state index is 13.5. The molecule has 1 saturated carbocycles. The van der Waals surface area contributed by atoms with Crippen LogP contribution in [0.4, 0.5) is 11.4 Å². The number of nitrogens with zero attached hydrogens (tertiary/aromatic N) is 1. The molecule has 28 heavy (non-hydrogen) atoms. The Kier molecular flexibility index (Phi) is 3.80.